The first kappa shape index (κ1) is 10.7. The van der Waals surface area contributed by atoms with E-state index < -0.39 is 0 Å². The molecule has 2 heterocycles. The molecule has 2 heteroatoms. The molecule has 0 N–H and O–H groups in total. The van der Waals surface area contributed by atoms with Crippen molar-refractivity contribution < 1.29 is 0 Å². The third-order valence-electron chi connectivity index (χ3n) is 4.09. The minimum absolute atomic E-state index is 1.12. The van der Waals surface area contributed by atoms with Gasteiger partial charge < -0.3 is 9.47 Å². The number of likely N-dealkylation sites (N-methyl/N-ethyl adjacent to an activating group) is 1. The molecule has 1 aliphatic heterocycles. The Morgan fingerprint density at radius 2 is 1.74 bits per heavy atom. The zero-order chi connectivity index (χ0) is 12.8. The average molecular weight is 248 g/mol. The summed E-state index contributed by atoms with van der Waals surface area (Å²) in [5.41, 5.74) is 5.44. The number of para-hydroxylation sites is 1. The first-order valence-corrected chi connectivity index (χ1v) is 6.74. The summed E-state index contributed by atoms with van der Waals surface area (Å²) in [4.78, 5) is 2.34. The minimum Gasteiger partial charge on any atom is -0.374 e. The number of hydrogen-bond donors (Lipinski definition) is 0. The molecule has 0 aliphatic carbocycles. The summed E-state index contributed by atoms with van der Waals surface area (Å²) < 4.78 is 2.31. The van der Waals surface area contributed by atoms with Gasteiger partial charge in [-0.15, -0.1) is 0 Å². The average Bonchev–Trinajstić information content (AvgIpc) is 3.03. The molecule has 3 aromatic rings. The van der Waals surface area contributed by atoms with Crippen LogP contribution in [0.2, 0.25) is 0 Å². The molecule has 2 nitrogen and oxygen atoms in total. The van der Waals surface area contributed by atoms with Crippen molar-refractivity contribution in [3.63, 3.8) is 0 Å². The summed E-state index contributed by atoms with van der Waals surface area (Å²) in [5.74, 6) is 0. The van der Waals surface area contributed by atoms with E-state index in [0.717, 1.165) is 13.0 Å². The molecule has 1 aliphatic rings. The molecule has 1 aromatic heterocycles. The highest BCUT2D eigenvalue weighted by Crippen LogP contribution is 2.33. The lowest BCUT2D eigenvalue weighted by atomic mass is 10.1. The molecular formula is C17H16N2. The van der Waals surface area contributed by atoms with E-state index in [0.29, 0.717) is 0 Å². The number of anilines is 1. The number of rotatable bonds is 1. The van der Waals surface area contributed by atoms with E-state index in [1.807, 2.05) is 0 Å². The molecule has 2 aromatic carbocycles. The van der Waals surface area contributed by atoms with Gasteiger partial charge in [-0.25, -0.2) is 0 Å². The number of hydrogen-bond acceptors (Lipinski definition) is 1. The van der Waals surface area contributed by atoms with Crippen LogP contribution in [0.25, 0.3) is 16.6 Å². The SMILES string of the molecule is CN1CCc2c1cccc2-n1ccc2ccccc21. The van der Waals surface area contributed by atoms with Gasteiger partial charge in [0, 0.05) is 31.0 Å². The number of fused-ring (bicyclic) bond motifs is 2. The van der Waals surface area contributed by atoms with Gasteiger partial charge in [0.05, 0.1) is 11.2 Å². The molecular weight excluding hydrogens is 232 g/mol. The van der Waals surface area contributed by atoms with Crippen LogP contribution in [0.4, 0.5) is 5.69 Å². The van der Waals surface area contributed by atoms with Crippen LogP contribution in [0.15, 0.2) is 54.7 Å². The molecule has 0 atom stereocenters. The quantitative estimate of drug-likeness (QED) is 0.638. The van der Waals surface area contributed by atoms with Crippen LogP contribution in [0, 0.1) is 0 Å². The van der Waals surface area contributed by atoms with Crippen LogP contribution in [0.5, 0.6) is 0 Å². The predicted molar refractivity (Wildman–Crippen MR) is 80.2 cm³/mol. The largest absolute Gasteiger partial charge is 0.374 e. The van der Waals surface area contributed by atoms with E-state index in [2.05, 4.69) is 71.2 Å². The highest BCUT2D eigenvalue weighted by atomic mass is 15.1. The second kappa shape index (κ2) is 3.89. The third kappa shape index (κ3) is 1.49. The van der Waals surface area contributed by atoms with Gasteiger partial charge in [0.25, 0.3) is 0 Å². The molecule has 0 amide bonds. The maximum Gasteiger partial charge on any atom is 0.0528 e. The smallest absolute Gasteiger partial charge is 0.0528 e. The van der Waals surface area contributed by atoms with Crippen molar-refractivity contribution in [2.24, 2.45) is 0 Å². The molecule has 4 rings (SSSR count). The van der Waals surface area contributed by atoms with Gasteiger partial charge in [-0.3, -0.25) is 0 Å². The Labute approximate surface area is 112 Å². The fourth-order valence-corrected chi connectivity index (χ4v) is 3.10. The Hall–Kier alpha value is -2.22. The van der Waals surface area contributed by atoms with Crippen molar-refractivity contribution in [2.45, 2.75) is 6.42 Å². The predicted octanol–water partition coefficient (Wildman–Crippen LogP) is 3.62. The van der Waals surface area contributed by atoms with Crippen molar-refractivity contribution in [3.8, 4) is 5.69 Å². The molecule has 0 fully saturated rings. The van der Waals surface area contributed by atoms with Crippen molar-refractivity contribution in [2.75, 3.05) is 18.5 Å². The second-order valence-electron chi connectivity index (χ2n) is 5.19. The molecule has 0 bridgehead atoms. The standard InChI is InChI=1S/C17H16N2/c1-18-11-10-14-16(18)7-4-8-17(14)19-12-9-13-5-2-3-6-15(13)19/h2-9,12H,10-11H2,1H3. The Kier molecular flexibility index (Phi) is 2.18. The lowest BCUT2D eigenvalue weighted by Crippen LogP contribution is -2.12. The molecule has 0 spiro atoms. The summed E-state index contributed by atoms with van der Waals surface area (Å²) >= 11 is 0. The molecule has 0 unspecified atom stereocenters. The summed E-state index contributed by atoms with van der Waals surface area (Å²) in [6.07, 6.45) is 3.31. The van der Waals surface area contributed by atoms with E-state index in [4.69, 9.17) is 0 Å². The van der Waals surface area contributed by atoms with Gasteiger partial charge in [0.15, 0.2) is 0 Å². The van der Waals surface area contributed by atoms with Gasteiger partial charge in [-0.1, -0.05) is 24.3 Å². The van der Waals surface area contributed by atoms with Gasteiger partial charge in [0.1, 0.15) is 0 Å². The molecule has 0 saturated heterocycles. The summed E-state index contributed by atoms with van der Waals surface area (Å²) in [5, 5.41) is 1.30. The van der Waals surface area contributed by atoms with Gasteiger partial charge in [-0.2, -0.15) is 0 Å². The fourth-order valence-electron chi connectivity index (χ4n) is 3.10. The minimum atomic E-state index is 1.12. The Morgan fingerprint density at radius 1 is 0.895 bits per heavy atom. The lowest BCUT2D eigenvalue weighted by Gasteiger charge is -2.14. The summed E-state index contributed by atoms with van der Waals surface area (Å²) in [7, 11) is 2.17. The van der Waals surface area contributed by atoms with Crippen LogP contribution in [0.1, 0.15) is 5.56 Å². The zero-order valence-corrected chi connectivity index (χ0v) is 11.0. The Morgan fingerprint density at radius 3 is 2.68 bits per heavy atom. The Bertz CT molecular complexity index is 755. The highest BCUT2D eigenvalue weighted by Gasteiger charge is 2.19. The third-order valence-corrected chi connectivity index (χ3v) is 4.09. The number of nitrogens with zero attached hydrogens (tertiary/aromatic N) is 2. The van der Waals surface area contributed by atoms with Crippen molar-refractivity contribution in [3.05, 3.63) is 60.3 Å². The normalized spacial score (nSPS) is 14.1. The van der Waals surface area contributed by atoms with Gasteiger partial charge >= 0.3 is 0 Å². The zero-order valence-electron chi connectivity index (χ0n) is 11.0. The van der Waals surface area contributed by atoms with Gasteiger partial charge in [-0.05, 0) is 36.1 Å². The van der Waals surface area contributed by atoms with Crippen LogP contribution >= 0.6 is 0 Å². The van der Waals surface area contributed by atoms with Gasteiger partial charge in [0.2, 0.25) is 0 Å². The molecule has 0 saturated carbocycles. The van der Waals surface area contributed by atoms with Crippen LogP contribution < -0.4 is 4.90 Å². The molecule has 94 valence electrons. The van der Waals surface area contributed by atoms with E-state index in [-0.39, 0.29) is 0 Å². The lowest BCUT2D eigenvalue weighted by molar-refractivity contribution is 0.950. The van der Waals surface area contributed by atoms with E-state index in [9.17, 15) is 0 Å². The molecule has 0 radical (unpaired) electrons. The number of aromatic nitrogens is 1. The maximum atomic E-state index is 2.34. The van der Waals surface area contributed by atoms with Crippen LogP contribution in [-0.2, 0) is 6.42 Å². The first-order chi connectivity index (χ1) is 9.34. The van der Waals surface area contributed by atoms with E-state index >= 15 is 0 Å². The maximum absolute atomic E-state index is 2.34. The van der Waals surface area contributed by atoms with Crippen molar-refractivity contribution in [1.82, 2.24) is 4.57 Å². The van der Waals surface area contributed by atoms with E-state index in [1.54, 1.807) is 0 Å². The summed E-state index contributed by atoms with van der Waals surface area (Å²) in [6.45, 7) is 1.12. The van der Waals surface area contributed by atoms with Crippen LogP contribution in [0.3, 0.4) is 0 Å². The van der Waals surface area contributed by atoms with Crippen LogP contribution in [-0.4, -0.2) is 18.2 Å². The summed E-state index contributed by atoms with van der Waals surface area (Å²) in [6, 6.07) is 17.3. The second-order valence-corrected chi connectivity index (χ2v) is 5.19. The van der Waals surface area contributed by atoms with E-state index in [1.165, 1.54) is 27.8 Å². The van der Waals surface area contributed by atoms with Crippen molar-refractivity contribution >= 4 is 16.6 Å². The number of benzene rings is 2. The highest BCUT2D eigenvalue weighted by molar-refractivity contribution is 5.83. The monoisotopic (exact) mass is 248 g/mol. The Balaban J connectivity index is 1.99. The first-order valence-electron chi connectivity index (χ1n) is 6.74. The van der Waals surface area contributed by atoms with Crippen molar-refractivity contribution in [1.29, 1.82) is 0 Å². The fraction of sp³-hybridized carbons (Fsp3) is 0.176. The molecule has 19 heavy (non-hydrogen) atoms. The topological polar surface area (TPSA) is 8.17 Å².